The third-order valence-corrected chi connectivity index (χ3v) is 6.89. The number of hydrogen-bond donors (Lipinski definition) is 1. The molecular weight excluding hydrogens is 376 g/mol. The van der Waals surface area contributed by atoms with Crippen molar-refractivity contribution in [3.05, 3.63) is 30.1 Å². The number of hydrogen-bond acceptors (Lipinski definition) is 7. The fourth-order valence-electron chi connectivity index (χ4n) is 2.55. The minimum Gasteiger partial charge on any atom is -0.338 e. The molecule has 3 rings (SSSR count). The first kappa shape index (κ1) is 18.9. The Bertz CT molecular complexity index is 874. The summed E-state index contributed by atoms with van der Waals surface area (Å²) in [5.74, 6) is 0.0432. The molecule has 0 saturated carbocycles. The van der Waals surface area contributed by atoms with Crippen LogP contribution in [-0.2, 0) is 14.8 Å². The molecule has 0 radical (unpaired) electrons. The highest BCUT2D eigenvalue weighted by atomic mass is 32.2. The van der Waals surface area contributed by atoms with E-state index in [1.165, 1.54) is 28.3 Å². The minimum atomic E-state index is -3.48. The summed E-state index contributed by atoms with van der Waals surface area (Å²) in [5, 5.41) is 6.48. The Balaban J connectivity index is 1.62. The second kappa shape index (κ2) is 7.77. The molecule has 1 unspecified atom stereocenters. The van der Waals surface area contributed by atoms with Crippen LogP contribution in [0.2, 0.25) is 0 Å². The van der Waals surface area contributed by atoms with Crippen molar-refractivity contribution >= 4 is 33.6 Å². The zero-order valence-corrected chi connectivity index (χ0v) is 16.1. The van der Waals surface area contributed by atoms with E-state index in [-0.39, 0.29) is 10.8 Å². The first-order valence-corrected chi connectivity index (χ1v) is 10.6. The molecule has 0 aliphatic carbocycles. The van der Waals surface area contributed by atoms with Crippen LogP contribution in [0.4, 0.5) is 5.88 Å². The van der Waals surface area contributed by atoms with Gasteiger partial charge in [0.1, 0.15) is 4.90 Å². The van der Waals surface area contributed by atoms with Crippen molar-refractivity contribution in [2.24, 2.45) is 0 Å². The van der Waals surface area contributed by atoms with E-state index in [0.717, 1.165) is 12.8 Å². The summed E-state index contributed by atoms with van der Waals surface area (Å²) in [6.45, 7) is 4.60. The highest BCUT2D eigenvalue weighted by Gasteiger charge is 2.27. The fraction of sp³-hybridized carbons (Fsp3) is 0.438. The van der Waals surface area contributed by atoms with E-state index in [0.29, 0.717) is 29.7 Å². The first-order valence-electron chi connectivity index (χ1n) is 8.23. The molecule has 140 valence electrons. The van der Waals surface area contributed by atoms with Crippen molar-refractivity contribution in [2.75, 3.05) is 18.4 Å². The van der Waals surface area contributed by atoms with Crippen LogP contribution >= 0.6 is 11.8 Å². The molecule has 2 aromatic rings. The van der Waals surface area contributed by atoms with Gasteiger partial charge in [-0.05, 0) is 38.8 Å². The Labute approximate surface area is 156 Å². The van der Waals surface area contributed by atoms with Crippen LogP contribution in [-0.4, -0.2) is 47.1 Å². The Hall–Kier alpha value is -1.91. The predicted octanol–water partition coefficient (Wildman–Crippen LogP) is 2.28. The average Bonchev–Trinajstić information content (AvgIpc) is 3.27. The molecule has 1 fully saturated rings. The van der Waals surface area contributed by atoms with Gasteiger partial charge in [0.05, 0.1) is 16.0 Å². The molecule has 1 aliphatic rings. The van der Waals surface area contributed by atoms with Gasteiger partial charge in [-0.3, -0.25) is 10.1 Å². The zero-order valence-electron chi connectivity index (χ0n) is 14.5. The van der Waals surface area contributed by atoms with E-state index in [1.807, 2.05) is 0 Å². The molecule has 26 heavy (non-hydrogen) atoms. The molecule has 0 bridgehead atoms. The summed E-state index contributed by atoms with van der Waals surface area (Å²) in [6.07, 6.45) is 3.12. The van der Waals surface area contributed by atoms with E-state index in [1.54, 1.807) is 26.0 Å². The number of aryl methyl sites for hydroxylation is 1. The Kier molecular flexibility index (Phi) is 5.64. The predicted molar refractivity (Wildman–Crippen MR) is 97.4 cm³/mol. The molecule has 8 nitrogen and oxygen atoms in total. The van der Waals surface area contributed by atoms with E-state index in [9.17, 15) is 13.2 Å². The Morgan fingerprint density at radius 1 is 1.35 bits per heavy atom. The molecule has 1 atom stereocenters. The largest absolute Gasteiger partial charge is 0.338 e. The molecular formula is C16H20N4O4S2. The lowest BCUT2D eigenvalue weighted by atomic mass is 10.4. The van der Waals surface area contributed by atoms with Crippen LogP contribution in [0.5, 0.6) is 0 Å². The van der Waals surface area contributed by atoms with Crippen molar-refractivity contribution in [2.45, 2.75) is 41.9 Å². The standard InChI is InChI=1S/C16H20N4O4S2/c1-11-9-14(24-19-11)18-16(21)12(2)25-15-6-5-13(10-17-15)26(22,23)20-7-3-4-8-20/h5-6,9-10,12H,3-4,7-8H2,1-2H3,(H,18,21). The van der Waals surface area contributed by atoms with E-state index >= 15 is 0 Å². The van der Waals surface area contributed by atoms with Gasteiger partial charge >= 0.3 is 0 Å². The van der Waals surface area contributed by atoms with Crippen LogP contribution in [0.15, 0.2) is 38.8 Å². The molecule has 2 aromatic heterocycles. The number of carbonyl (C=O) groups is 1. The lowest BCUT2D eigenvalue weighted by molar-refractivity contribution is -0.115. The van der Waals surface area contributed by atoms with Crippen molar-refractivity contribution in [3.8, 4) is 0 Å². The number of pyridine rings is 1. The molecule has 10 heteroatoms. The van der Waals surface area contributed by atoms with Gasteiger partial charge < -0.3 is 4.52 Å². The maximum absolute atomic E-state index is 12.5. The first-order chi connectivity index (χ1) is 12.4. The monoisotopic (exact) mass is 396 g/mol. The van der Waals surface area contributed by atoms with Crippen molar-refractivity contribution in [1.82, 2.24) is 14.4 Å². The molecule has 0 aromatic carbocycles. The lowest BCUT2D eigenvalue weighted by Crippen LogP contribution is -2.28. The summed E-state index contributed by atoms with van der Waals surface area (Å²) in [6, 6.07) is 4.79. The normalized spacial score (nSPS) is 16.5. The van der Waals surface area contributed by atoms with Gasteiger partial charge in [0.25, 0.3) is 0 Å². The zero-order chi connectivity index (χ0) is 18.7. The van der Waals surface area contributed by atoms with Crippen molar-refractivity contribution in [1.29, 1.82) is 0 Å². The highest BCUT2D eigenvalue weighted by molar-refractivity contribution is 8.00. The minimum absolute atomic E-state index is 0.179. The summed E-state index contributed by atoms with van der Waals surface area (Å²) in [4.78, 5) is 16.5. The summed E-state index contributed by atoms with van der Waals surface area (Å²) < 4.78 is 31.4. The molecule has 1 amide bonds. The van der Waals surface area contributed by atoms with E-state index < -0.39 is 15.3 Å². The summed E-state index contributed by atoms with van der Waals surface area (Å²) >= 11 is 1.24. The number of nitrogens with zero attached hydrogens (tertiary/aromatic N) is 3. The van der Waals surface area contributed by atoms with Crippen molar-refractivity contribution < 1.29 is 17.7 Å². The van der Waals surface area contributed by atoms with Crippen LogP contribution in [0.3, 0.4) is 0 Å². The van der Waals surface area contributed by atoms with E-state index in [4.69, 9.17) is 4.52 Å². The van der Waals surface area contributed by atoms with Crippen LogP contribution in [0.25, 0.3) is 0 Å². The van der Waals surface area contributed by atoms with Gasteiger partial charge in [0, 0.05) is 25.4 Å². The summed E-state index contributed by atoms with van der Waals surface area (Å²) in [7, 11) is -3.48. The topological polar surface area (TPSA) is 105 Å². The Morgan fingerprint density at radius 2 is 2.08 bits per heavy atom. The number of amides is 1. The van der Waals surface area contributed by atoms with Gasteiger partial charge in [0.15, 0.2) is 0 Å². The third-order valence-electron chi connectivity index (χ3n) is 3.95. The lowest BCUT2D eigenvalue weighted by Gasteiger charge is -2.15. The highest BCUT2D eigenvalue weighted by Crippen LogP contribution is 2.25. The molecule has 1 saturated heterocycles. The molecule has 1 aliphatic heterocycles. The SMILES string of the molecule is Cc1cc(NC(=O)C(C)Sc2ccc(S(=O)(=O)N3CCCC3)cn2)on1. The van der Waals surface area contributed by atoms with Crippen LogP contribution in [0.1, 0.15) is 25.5 Å². The average molecular weight is 396 g/mol. The number of rotatable bonds is 6. The molecule has 0 spiro atoms. The Morgan fingerprint density at radius 3 is 2.65 bits per heavy atom. The number of anilines is 1. The summed E-state index contributed by atoms with van der Waals surface area (Å²) in [5.41, 5.74) is 0.678. The third kappa shape index (κ3) is 4.25. The van der Waals surface area contributed by atoms with E-state index in [2.05, 4.69) is 15.5 Å². The van der Waals surface area contributed by atoms with Gasteiger partial charge in [0.2, 0.25) is 21.8 Å². The smallest absolute Gasteiger partial charge is 0.244 e. The van der Waals surface area contributed by atoms with Gasteiger partial charge in [-0.1, -0.05) is 16.9 Å². The van der Waals surface area contributed by atoms with Gasteiger partial charge in [-0.25, -0.2) is 13.4 Å². The van der Waals surface area contributed by atoms with Gasteiger partial charge in [-0.15, -0.1) is 0 Å². The van der Waals surface area contributed by atoms with Crippen LogP contribution in [0, 0.1) is 6.92 Å². The van der Waals surface area contributed by atoms with Gasteiger partial charge in [-0.2, -0.15) is 4.31 Å². The second-order valence-corrected chi connectivity index (χ2v) is 9.32. The maximum atomic E-state index is 12.5. The number of thioether (sulfide) groups is 1. The number of carbonyl (C=O) groups excluding carboxylic acids is 1. The number of aromatic nitrogens is 2. The quantitative estimate of drug-likeness (QED) is 0.747. The second-order valence-electron chi connectivity index (χ2n) is 6.03. The number of nitrogens with one attached hydrogen (secondary N) is 1. The van der Waals surface area contributed by atoms with Crippen molar-refractivity contribution in [3.63, 3.8) is 0 Å². The fourth-order valence-corrected chi connectivity index (χ4v) is 4.80. The molecule has 3 heterocycles. The number of sulfonamides is 1. The molecule has 1 N–H and O–H groups in total. The maximum Gasteiger partial charge on any atom is 0.244 e. The van der Waals surface area contributed by atoms with Crippen LogP contribution < -0.4 is 5.32 Å².